The number of ketones is 1. The normalized spacial score (nSPS) is 10.5. The van der Waals surface area contributed by atoms with Gasteiger partial charge in [0.2, 0.25) is 0 Å². The molecule has 3 aromatic rings. The third kappa shape index (κ3) is 2.68. The van der Waals surface area contributed by atoms with Gasteiger partial charge >= 0.3 is 5.63 Å². The van der Waals surface area contributed by atoms with Crippen molar-refractivity contribution >= 4 is 16.8 Å². The summed E-state index contributed by atoms with van der Waals surface area (Å²) in [6, 6.07) is 12.9. The molecule has 0 unspecified atom stereocenters. The zero-order valence-corrected chi connectivity index (χ0v) is 12.7. The van der Waals surface area contributed by atoms with Gasteiger partial charge in [-0.1, -0.05) is 12.1 Å². The maximum Gasteiger partial charge on any atom is 0.336 e. The van der Waals surface area contributed by atoms with Crippen LogP contribution in [0.3, 0.4) is 0 Å². The summed E-state index contributed by atoms with van der Waals surface area (Å²) in [6.45, 7) is 0. The van der Waals surface area contributed by atoms with E-state index >= 15 is 0 Å². The van der Waals surface area contributed by atoms with Gasteiger partial charge in [-0.15, -0.1) is 0 Å². The van der Waals surface area contributed by atoms with Gasteiger partial charge in [-0.05, 0) is 24.3 Å². The largest absolute Gasteiger partial charge is 0.497 e. The first-order valence-electron chi connectivity index (χ1n) is 6.93. The molecule has 0 N–H and O–H groups in total. The molecule has 5 heteroatoms. The van der Waals surface area contributed by atoms with Crippen LogP contribution in [0, 0.1) is 0 Å². The van der Waals surface area contributed by atoms with Gasteiger partial charge in [0, 0.05) is 23.1 Å². The molecule has 0 saturated carbocycles. The van der Waals surface area contributed by atoms with Crippen LogP contribution in [0.4, 0.5) is 0 Å². The molecule has 0 aliphatic carbocycles. The van der Waals surface area contributed by atoms with E-state index in [2.05, 4.69) is 0 Å². The molecule has 23 heavy (non-hydrogen) atoms. The van der Waals surface area contributed by atoms with E-state index in [9.17, 15) is 9.59 Å². The summed E-state index contributed by atoms with van der Waals surface area (Å²) in [6.07, 6.45) is 0. The first kappa shape index (κ1) is 14.8. The number of hydrogen-bond acceptors (Lipinski definition) is 5. The summed E-state index contributed by atoms with van der Waals surface area (Å²) in [4.78, 5) is 24.2. The molecule has 0 fully saturated rings. The SMILES string of the molecule is COc1ccc(C(=O)c2cccc3oc(=O)ccc23)c(OC)c1. The summed E-state index contributed by atoms with van der Waals surface area (Å²) in [7, 11) is 3.04. The van der Waals surface area contributed by atoms with Crippen LogP contribution < -0.4 is 15.1 Å². The zero-order chi connectivity index (χ0) is 16.4. The molecular formula is C18H14O5. The van der Waals surface area contributed by atoms with Crippen LogP contribution in [0.5, 0.6) is 11.5 Å². The molecule has 1 aromatic heterocycles. The Morgan fingerprint density at radius 1 is 0.957 bits per heavy atom. The van der Waals surface area contributed by atoms with E-state index in [-0.39, 0.29) is 5.78 Å². The van der Waals surface area contributed by atoms with E-state index in [0.717, 1.165) is 0 Å². The fourth-order valence-electron chi connectivity index (χ4n) is 2.43. The number of hydrogen-bond donors (Lipinski definition) is 0. The molecule has 0 saturated heterocycles. The predicted molar refractivity (Wildman–Crippen MR) is 85.5 cm³/mol. The molecule has 0 bridgehead atoms. The zero-order valence-electron chi connectivity index (χ0n) is 12.7. The van der Waals surface area contributed by atoms with Crippen molar-refractivity contribution in [3.8, 4) is 11.5 Å². The van der Waals surface area contributed by atoms with Crippen molar-refractivity contribution in [3.63, 3.8) is 0 Å². The first-order chi connectivity index (χ1) is 11.1. The van der Waals surface area contributed by atoms with E-state index in [1.807, 2.05) is 0 Å². The van der Waals surface area contributed by atoms with E-state index in [0.29, 0.717) is 33.6 Å². The quantitative estimate of drug-likeness (QED) is 0.547. The van der Waals surface area contributed by atoms with Gasteiger partial charge in [-0.25, -0.2) is 4.79 Å². The first-order valence-corrected chi connectivity index (χ1v) is 6.93. The second-order valence-electron chi connectivity index (χ2n) is 4.87. The van der Waals surface area contributed by atoms with Crippen LogP contribution in [0.1, 0.15) is 15.9 Å². The number of carbonyl (C=O) groups is 1. The maximum absolute atomic E-state index is 12.9. The van der Waals surface area contributed by atoms with Gasteiger partial charge in [-0.3, -0.25) is 4.79 Å². The van der Waals surface area contributed by atoms with Crippen molar-refractivity contribution in [2.45, 2.75) is 0 Å². The molecule has 5 nitrogen and oxygen atoms in total. The standard InChI is InChI=1S/C18H14O5/c1-21-11-6-7-14(16(10-11)22-2)18(20)13-4-3-5-15-12(13)8-9-17(19)23-15/h3-10H,1-2H3. The second kappa shape index (κ2) is 5.96. The Morgan fingerprint density at radius 2 is 1.78 bits per heavy atom. The monoisotopic (exact) mass is 310 g/mol. The molecule has 3 rings (SSSR count). The number of methoxy groups -OCH3 is 2. The Kier molecular flexibility index (Phi) is 3.85. The van der Waals surface area contributed by atoms with Gasteiger partial charge in [0.05, 0.1) is 19.8 Å². The third-order valence-electron chi connectivity index (χ3n) is 3.56. The third-order valence-corrected chi connectivity index (χ3v) is 3.56. The number of benzene rings is 2. The van der Waals surface area contributed by atoms with Crippen molar-refractivity contribution in [1.29, 1.82) is 0 Å². The summed E-state index contributed by atoms with van der Waals surface area (Å²) in [5, 5.41) is 0.579. The van der Waals surface area contributed by atoms with Crippen LogP contribution in [-0.2, 0) is 0 Å². The second-order valence-corrected chi connectivity index (χ2v) is 4.87. The molecule has 1 heterocycles. The Hall–Kier alpha value is -3.08. The van der Waals surface area contributed by atoms with Gasteiger partial charge in [0.25, 0.3) is 0 Å². The Bertz CT molecular complexity index is 940. The highest BCUT2D eigenvalue weighted by Gasteiger charge is 2.18. The maximum atomic E-state index is 12.9. The molecule has 2 aromatic carbocycles. The van der Waals surface area contributed by atoms with Crippen LogP contribution >= 0.6 is 0 Å². The highest BCUT2D eigenvalue weighted by Crippen LogP contribution is 2.28. The lowest BCUT2D eigenvalue weighted by Gasteiger charge is -2.10. The number of ether oxygens (including phenoxy) is 2. The van der Waals surface area contributed by atoms with Crippen LogP contribution in [-0.4, -0.2) is 20.0 Å². The van der Waals surface area contributed by atoms with Crippen molar-refractivity contribution in [2.75, 3.05) is 14.2 Å². The average molecular weight is 310 g/mol. The number of rotatable bonds is 4. The lowest BCUT2D eigenvalue weighted by molar-refractivity contribution is 0.103. The van der Waals surface area contributed by atoms with E-state index in [1.165, 1.54) is 13.2 Å². The Labute approximate surface area is 132 Å². The minimum Gasteiger partial charge on any atom is -0.497 e. The van der Waals surface area contributed by atoms with Gasteiger partial charge in [-0.2, -0.15) is 0 Å². The predicted octanol–water partition coefficient (Wildman–Crippen LogP) is 3.04. The summed E-state index contributed by atoms with van der Waals surface area (Å²) < 4.78 is 15.5. The summed E-state index contributed by atoms with van der Waals surface area (Å²) in [5.41, 5.74) is 0.765. The lowest BCUT2D eigenvalue weighted by Crippen LogP contribution is -2.06. The molecule has 0 aliphatic rings. The van der Waals surface area contributed by atoms with Crippen molar-refractivity contribution in [2.24, 2.45) is 0 Å². The summed E-state index contributed by atoms with van der Waals surface area (Å²) in [5.74, 6) is 0.801. The highest BCUT2D eigenvalue weighted by atomic mass is 16.5. The smallest absolute Gasteiger partial charge is 0.336 e. The summed E-state index contributed by atoms with van der Waals surface area (Å²) >= 11 is 0. The molecule has 0 radical (unpaired) electrons. The van der Waals surface area contributed by atoms with Gasteiger partial charge in [0.15, 0.2) is 5.78 Å². The molecule has 0 amide bonds. The van der Waals surface area contributed by atoms with Crippen molar-refractivity contribution in [3.05, 3.63) is 70.1 Å². The minimum atomic E-state index is -0.455. The molecule has 116 valence electrons. The highest BCUT2D eigenvalue weighted by molar-refractivity contribution is 6.17. The van der Waals surface area contributed by atoms with Crippen LogP contribution in [0.15, 0.2) is 57.7 Å². The molecule has 0 aliphatic heterocycles. The Balaban J connectivity index is 2.16. The van der Waals surface area contributed by atoms with Crippen LogP contribution in [0.25, 0.3) is 11.0 Å². The fraction of sp³-hybridized carbons (Fsp3) is 0.111. The minimum absolute atomic E-state index is 0.219. The molecule has 0 atom stereocenters. The number of carbonyl (C=O) groups excluding carboxylic acids is 1. The van der Waals surface area contributed by atoms with E-state index in [1.54, 1.807) is 49.6 Å². The van der Waals surface area contributed by atoms with E-state index in [4.69, 9.17) is 13.9 Å². The van der Waals surface area contributed by atoms with E-state index < -0.39 is 5.63 Å². The average Bonchev–Trinajstić information content (AvgIpc) is 2.59. The lowest BCUT2D eigenvalue weighted by atomic mass is 9.99. The van der Waals surface area contributed by atoms with Crippen LogP contribution in [0.2, 0.25) is 0 Å². The molecule has 0 spiro atoms. The van der Waals surface area contributed by atoms with Gasteiger partial charge < -0.3 is 13.9 Å². The fourth-order valence-corrected chi connectivity index (χ4v) is 2.43. The topological polar surface area (TPSA) is 65.7 Å². The number of fused-ring (bicyclic) bond motifs is 1. The van der Waals surface area contributed by atoms with Gasteiger partial charge in [0.1, 0.15) is 17.1 Å². The van der Waals surface area contributed by atoms with Crippen molar-refractivity contribution in [1.82, 2.24) is 0 Å². The van der Waals surface area contributed by atoms with Crippen molar-refractivity contribution < 1.29 is 18.7 Å². The molecular weight excluding hydrogens is 296 g/mol. The Morgan fingerprint density at radius 3 is 2.52 bits per heavy atom.